The standard InChI is InChI=1S/C24H20Cl2O5S/c1-15-6-9-19(10-7-15)32(29,30)23(24(28)20-11-8-17(25)13-21(20)26)14-22(27)16-4-3-5-18(12-16)31-2/h3-13,23H,14H2,1-2H3/t23-/m0/s1. The van der Waals surface area contributed by atoms with Gasteiger partial charge in [0.2, 0.25) is 0 Å². The molecule has 3 aromatic rings. The minimum absolute atomic E-state index is 0.0143. The van der Waals surface area contributed by atoms with Gasteiger partial charge in [0.25, 0.3) is 0 Å². The van der Waals surface area contributed by atoms with E-state index in [1.165, 1.54) is 43.5 Å². The van der Waals surface area contributed by atoms with Crippen molar-refractivity contribution in [3.8, 4) is 5.75 Å². The number of ether oxygens (including phenoxy) is 1. The van der Waals surface area contributed by atoms with Crippen LogP contribution in [0.5, 0.6) is 5.75 Å². The zero-order valence-corrected chi connectivity index (χ0v) is 19.7. The second-order valence-corrected chi connectivity index (χ2v) is 10.2. The van der Waals surface area contributed by atoms with Crippen molar-refractivity contribution < 1.29 is 22.7 Å². The van der Waals surface area contributed by atoms with Gasteiger partial charge in [-0.1, -0.05) is 53.0 Å². The monoisotopic (exact) mass is 490 g/mol. The van der Waals surface area contributed by atoms with Gasteiger partial charge in [-0.2, -0.15) is 0 Å². The molecule has 0 bridgehead atoms. The van der Waals surface area contributed by atoms with E-state index in [0.717, 1.165) is 5.56 Å². The largest absolute Gasteiger partial charge is 0.497 e. The maximum Gasteiger partial charge on any atom is 0.189 e. The molecule has 0 radical (unpaired) electrons. The molecule has 0 fully saturated rings. The Morgan fingerprint density at radius 2 is 1.66 bits per heavy atom. The highest BCUT2D eigenvalue weighted by Crippen LogP contribution is 2.29. The number of Topliss-reactive ketones (excluding diaryl/α,β-unsaturated/α-hetero) is 2. The Bertz CT molecular complexity index is 1270. The SMILES string of the molecule is COc1cccc(C(=O)C[C@@H](C(=O)c2ccc(Cl)cc2Cl)S(=O)(=O)c2ccc(C)cc2)c1. The van der Waals surface area contributed by atoms with Crippen LogP contribution in [0.2, 0.25) is 10.0 Å². The molecule has 3 rings (SSSR count). The molecule has 0 heterocycles. The topological polar surface area (TPSA) is 77.5 Å². The molecule has 166 valence electrons. The van der Waals surface area contributed by atoms with Crippen molar-refractivity contribution in [3.05, 3.63) is 93.5 Å². The lowest BCUT2D eigenvalue weighted by Gasteiger charge is -2.18. The molecular formula is C24H20Cl2O5S. The normalized spacial score (nSPS) is 12.2. The summed E-state index contributed by atoms with van der Waals surface area (Å²) in [4.78, 5) is 26.3. The molecule has 8 heteroatoms. The molecular weight excluding hydrogens is 471 g/mol. The van der Waals surface area contributed by atoms with E-state index in [1.807, 2.05) is 6.92 Å². The molecule has 0 aliphatic rings. The summed E-state index contributed by atoms with van der Waals surface area (Å²) in [5.74, 6) is -0.840. The van der Waals surface area contributed by atoms with Crippen LogP contribution in [0, 0.1) is 6.92 Å². The quantitative estimate of drug-likeness (QED) is 0.383. The van der Waals surface area contributed by atoms with Crippen LogP contribution in [0.25, 0.3) is 0 Å². The molecule has 0 unspecified atom stereocenters. The maximum atomic E-state index is 13.5. The van der Waals surface area contributed by atoms with E-state index in [9.17, 15) is 18.0 Å². The van der Waals surface area contributed by atoms with Gasteiger partial charge >= 0.3 is 0 Å². The molecule has 0 saturated heterocycles. The van der Waals surface area contributed by atoms with Gasteiger partial charge in [0.05, 0.1) is 17.0 Å². The Morgan fingerprint density at radius 3 is 2.28 bits per heavy atom. The first-order valence-electron chi connectivity index (χ1n) is 9.60. The number of rotatable bonds is 8. The predicted octanol–water partition coefficient (Wildman–Crippen LogP) is 5.61. The summed E-state index contributed by atoms with van der Waals surface area (Å²) < 4.78 is 32.1. The van der Waals surface area contributed by atoms with Crippen LogP contribution in [0.15, 0.2) is 71.6 Å². The number of carbonyl (C=O) groups is 2. The van der Waals surface area contributed by atoms with E-state index < -0.39 is 33.1 Å². The molecule has 0 aliphatic carbocycles. The van der Waals surface area contributed by atoms with Gasteiger partial charge in [-0.25, -0.2) is 8.42 Å². The highest BCUT2D eigenvalue weighted by molar-refractivity contribution is 7.92. The minimum atomic E-state index is -4.20. The lowest BCUT2D eigenvalue weighted by molar-refractivity contribution is 0.0920. The third-order valence-corrected chi connectivity index (χ3v) is 7.58. The zero-order chi connectivity index (χ0) is 23.5. The number of carbonyl (C=O) groups excluding carboxylic acids is 2. The van der Waals surface area contributed by atoms with Gasteiger partial charge in [-0.15, -0.1) is 0 Å². The zero-order valence-electron chi connectivity index (χ0n) is 17.3. The van der Waals surface area contributed by atoms with Crippen LogP contribution in [0.1, 0.15) is 32.7 Å². The van der Waals surface area contributed by atoms with Crippen molar-refractivity contribution in [1.29, 1.82) is 0 Å². The smallest absolute Gasteiger partial charge is 0.189 e. The van der Waals surface area contributed by atoms with E-state index >= 15 is 0 Å². The number of hydrogen-bond donors (Lipinski definition) is 0. The Hall–Kier alpha value is -2.67. The molecule has 3 aromatic carbocycles. The lowest BCUT2D eigenvalue weighted by atomic mass is 10.0. The minimum Gasteiger partial charge on any atom is -0.497 e. The predicted molar refractivity (Wildman–Crippen MR) is 125 cm³/mol. The van der Waals surface area contributed by atoms with Crippen molar-refractivity contribution in [2.45, 2.75) is 23.5 Å². The molecule has 0 saturated carbocycles. The first-order valence-corrected chi connectivity index (χ1v) is 11.9. The van der Waals surface area contributed by atoms with Crippen LogP contribution in [0.3, 0.4) is 0 Å². The maximum absolute atomic E-state index is 13.5. The first kappa shape index (κ1) is 24.0. The number of sulfone groups is 1. The summed E-state index contributed by atoms with van der Waals surface area (Å²) in [6.45, 7) is 1.82. The number of methoxy groups -OCH3 is 1. The number of halogens is 2. The molecule has 5 nitrogen and oxygen atoms in total. The van der Waals surface area contributed by atoms with Crippen molar-refractivity contribution in [1.82, 2.24) is 0 Å². The van der Waals surface area contributed by atoms with Crippen LogP contribution in [-0.2, 0) is 9.84 Å². The summed E-state index contributed by atoms with van der Waals surface area (Å²) in [6.07, 6.45) is -0.554. The Balaban J connectivity index is 2.06. The molecule has 0 aliphatic heterocycles. The molecule has 32 heavy (non-hydrogen) atoms. The van der Waals surface area contributed by atoms with Crippen LogP contribution in [-0.4, -0.2) is 32.3 Å². The highest BCUT2D eigenvalue weighted by Gasteiger charge is 2.37. The highest BCUT2D eigenvalue weighted by atomic mass is 35.5. The lowest BCUT2D eigenvalue weighted by Crippen LogP contribution is -2.33. The van der Waals surface area contributed by atoms with Crippen molar-refractivity contribution in [2.24, 2.45) is 0 Å². The van der Waals surface area contributed by atoms with Gasteiger partial charge in [-0.3, -0.25) is 9.59 Å². The van der Waals surface area contributed by atoms with Crippen molar-refractivity contribution >= 4 is 44.6 Å². The van der Waals surface area contributed by atoms with Gasteiger partial charge in [0.15, 0.2) is 21.4 Å². The number of ketones is 2. The summed E-state index contributed by atoms with van der Waals surface area (Å²) in [5, 5.41) is -1.35. The fourth-order valence-corrected chi connectivity index (χ4v) is 5.31. The first-order chi connectivity index (χ1) is 15.1. The second kappa shape index (κ2) is 9.86. The molecule has 1 atom stereocenters. The molecule has 0 spiro atoms. The average molecular weight is 491 g/mol. The number of benzene rings is 3. The Kier molecular flexibility index (Phi) is 7.39. The van der Waals surface area contributed by atoms with Crippen LogP contribution < -0.4 is 4.74 Å². The van der Waals surface area contributed by atoms with Gasteiger partial charge < -0.3 is 4.74 Å². The molecule has 0 amide bonds. The third-order valence-electron chi connectivity index (χ3n) is 4.98. The van der Waals surface area contributed by atoms with E-state index in [-0.39, 0.29) is 21.0 Å². The van der Waals surface area contributed by atoms with Crippen molar-refractivity contribution in [3.63, 3.8) is 0 Å². The fourth-order valence-electron chi connectivity index (χ4n) is 3.18. The second-order valence-electron chi connectivity index (χ2n) is 7.19. The number of hydrogen-bond acceptors (Lipinski definition) is 5. The van der Waals surface area contributed by atoms with Crippen molar-refractivity contribution in [2.75, 3.05) is 7.11 Å². The number of aryl methyl sites for hydroxylation is 1. The summed E-state index contributed by atoms with van der Waals surface area (Å²) in [6, 6.07) is 16.6. The van der Waals surface area contributed by atoms with E-state index in [0.29, 0.717) is 10.8 Å². The summed E-state index contributed by atoms with van der Waals surface area (Å²) in [7, 11) is -2.75. The van der Waals surface area contributed by atoms with Gasteiger partial charge in [-0.05, 0) is 49.4 Å². The summed E-state index contributed by atoms with van der Waals surface area (Å²) in [5.41, 5.74) is 1.08. The Morgan fingerprint density at radius 1 is 0.969 bits per heavy atom. The van der Waals surface area contributed by atoms with Crippen LogP contribution >= 0.6 is 23.2 Å². The van der Waals surface area contributed by atoms with E-state index in [1.54, 1.807) is 30.3 Å². The molecule has 0 N–H and O–H groups in total. The third kappa shape index (κ3) is 5.21. The Labute approximate surface area is 196 Å². The average Bonchev–Trinajstić information content (AvgIpc) is 2.77. The fraction of sp³-hybridized carbons (Fsp3) is 0.167. The van der Waals surface area contributed by atoms with E-state index in [2.05, 4.69) is 0 Å². The molecule has 0 aromatic heterocycles. The van der Waals surface area contributed by atoms with E-state index in [4.69, 9.17) is 27.9 Å². The summed E-state index contributed by atoms with van der Waals surface area (Å²) >= 11 is 12.1. The van der Waals surface area contributed by atoms with Crippen LogP contribution in [0.4, 0.5) is 0 Å². The van der Waals surface area contributed by atoms with Gasteiger partial charge in [0.1, 0.15) is 11.0 Å². The van der Waals surface area contributed by atoms with Gasteiger partial charge in [0, 0.05) is 22.6 Å².